The molecule has 0 unspecified atom stereocenters. The topological polar surface area (TPSA) is 50.2 Å². The number of nitrogens with one attached hydrogen (secondary N) is 1. The molecule has 5 nitrogen and oxygen atoms in total. The van der Waals surface area contributed by atoms with Crippen LogP contribution in [-0.4, -0.2) is 34.3 Å². The van der Waals surface area contributed by atoms with E-state index in [1.807, 2.05) is 30.5 Å². The molecule has 0 radical (unpaired) electrons. The normalized spacial score (nSPS) is 10.2. The van der Waals surface area contributed by atoms with E-state index < -0.39 is 0 Å². The van der Waals surface area contributed by atoms with Gasteiger partial charge in [0.1, 0.15) is 0 Å². The Morgan fingerprint density at radius 2 is 2.38 bits per heavy atom. The van der Waals surface area contributed by atoms with Crippen LogP contribution in [0.1, 0.15) is 5.56 Å². The van der Waals surface area contributed by atoms with E-state index in [9.17, 15) is 4.79 Å². The van der Waals surface area contributed by atoms with Gasteiger partial charge in [0.05, 0.1) is 18.4 Å². The molecule has 0 aliphatic rings. The monoisotopic (exact) mass is 304 g/mol. The quantitative estimate of drug-likeness (QED) is 0.864. The number of hydrogen-bond acceptors (Lipinski definition) is 2. The SMILES string of the molecule is C=CCNC(=O)N(C)Cc1cnn(-c2cccc(Cl)c2)c1. The molecule has 0 aliphatic carbocycles. The molecule has 110 valence electrons. The molecule has 1 N–H and O–H groups in total. The van der Waals surface area contributed by atoms with Crippen molar-refractivity contribution in [1.82, 2.24) is 20.0 Å². The summed E-state index contributed by atoms with van der Waals surface area (Å²) in [7, 11) is 1.73. The Hall–Kier alpha value is -2.27. The van der Waals surface area contributed by atoms with E-state index in [0.29, 0.717) is 18.1 Å². The van der Waals surface area contributed by atoms with Gasteiger partial charge in [0.2, 0.25) is 0 Å². The first kappa shape index (κ1) is 15.1. The van der Waals surface area contributed by atoms with Crippen LogP contribution in [0.2, 0.25) is 5.02 Å². The van der Waals surface area contributed by atoms with Gasteiger partial charge in [0, 0.05) is 30.4 Å². The largest absolute Gasteiger partial charge is 0.335 e. The maximum absolute atomic E-state index is 11.8. The highest BCUT2D eigenvalue weighted by atomic mass is 35.5. The number of nitrogens with zero attached hydrogens (tertiary/aromatic N) is 3. The van der Waals surface area contributed by atoms with Gasteiger partial charge < -0.3 is 10.2 Å². The molecule has 2 rings (SSSR count). The number of hydrogen-bond donors (Lipinski definition) is 1. The van der Waals surface area contributed by atoms with Crippen molar-refractivity contribution in [3.05, 3.63) is 59.9 Å². The number of aromatic nitrogens is 2. The fourth-order valence-corrected chi connectivity index (χ4v) is 2.03. The van der Waals surface area contributed by atoms with E-state index in [0.717, 1.165) is 11.3 Å². The van der Waals surface area contributed by atoms with Gasteiger partial charge in [-0.15, -0.1) is 6.58 Å². The minimum Gasteiger partial charge on any atom is -0.335 e. The van der Waals surface area contributed by atoms with Crippen molar-refractivity contribution in [2.24, 2.45) is 0 Å². The van der Waals surface area contributed by atoms with Crippen LogP contribution in [-0.2, 0) is 6.54 Å². The summed E-state index contributed by atoms with van der Waals surface area (Å²) in [5, 5.41) is 7.67. The summed E-state index contributed by atoms with van der Waals surface area (Å²) in [6, 6.07) is 7.29. The maximum atomic E-state index is 11.8. The van der Waals surface area contributed by atoms with E-state index >= 15 is 0 Å². The Morgan fingerprint density at radius 3 is 3.10 bits per heavy atom. The lowest BCUT2D eigenvalue weighted by molar-refractivity contribution is 0.208. The standard InChI is InChI=1S/C15H17ClN4O/c1-3-7-17-15(21)19(2)10-12-9-18-20(11-12)14-6-4-5-13(16)8-14/h3-6,8-9,11H,1,7,10H2,2H3,(H,17,21). The van der Waals surface area contributed by atoms with Crippen molar-refractivity contribution < 1.29 is 4.79 Å². The van der Waals surface area contributed by atoms with Gasteiger partial charge in [-0.3, -0.25) is 0 Å². The van der Waals surface area contributed by atoms with Crippen LogP contribution in [0.4, 0.5) is 4.79 Å². The molecule has 2 amide bonds. The molecular formula is C15H17ClN4O. The molecule has 21 heavy (non-hydrogen) atoms. The second-order valence-corrected chi connectivity index (χ2v) is 5.04. The summed E-state index contributed by atoms with van der Waals surface area (Å²) in [4.78, 5) is 13.3. The van der Waals surface area contributed by atoms with Crippen molar-refractivity contribution in [1.29, 1.82) is 0 Å². The summed E-state index contributed by atoms with van der Waals surface area (Å²) in [6.45, 7) is 4.49. The Kier molecular flexibility index (Phi) is 5.00. The molecule has 0 spiro atoms. The van der Waals surface area contributed by atoms with Crippen LogP contribution in [0, 0.1) is 0 Å². The molecule has 0 aliphatic heterocycles. The number of carbonyl (C=O) groups is 1. The smallest absolute Gasteiger partial charge is 0.317 e. The van der Waals surface area contributed by atoms with E-state index in [1.54, 1.807) is 28.9 Å². The van der Waals surface area contributed by atoms with Gasteiger partial charge in [-0.05, 0) is 18.2 Å². The van der Waals surface area contributed by atoms with Crippen LogP contribution in [0.25, 0.3) is 5.69 Å². The number of benzene rings is 1. The van der Waals surface area contributed by atoms with Crippen molar-refractivity contribution in [2.75, 3.05) is 13.6 Å². The first-order chi connectivity index (χ1) is 10.1. The molecule has 0 atom stereocenters. The minimum atomic E-state index is -0.148. The summed E-state index contributed by atoms with van der Waals surface area (Å²) in [5.74, 6) is 0. The molecule has 0 saturated carbocycles. The average molecular weight is 305 g/mol. The Morgan fingerprint density at radius 1 is 1.57 bits per heavy atom. The lowest BCUT2D eigenvalue weighted by atomic mass is 10.3. The summed E-state index contributed by atoms with van der Waals surface area (Å²) in [5.41, 5.74) is 1.82. The van der Waals surface area contributed by atoms with Crippen molar-refractivity contribution in [2.45, 2.75) is 6.54 Å². The van der Waals surface area contributed by atoms with Gasteiger partial charge in [-0.25, -0.2) is 9.48 Å². The molecule has 1 aromatic carbocycles. The van der Waals surface area contributed by atoms with Gasteiger partial charge in [0.25, 0.3) is 0 Å². The number of halogens is 1. The summed E-state index contributed by atoms with van der Waals surface area (Å²) >= 11 is 5.97. The molecule has 2 aromatic rings. The first-order valence-corrected chi connectivity index (χ1v) is 6.87. The molecule has 6 heteroatoms. The zero-order valence-corrected chi connectivity index (χ0v) is 12.5. The van der Waals surface area contributed by atoms with E-state index in [2.05, 4.69) is 17.0 Å². The molecule has 1 heterocycles. The maximum Gasteiger partial charge on any atom is 0.317 e. The van der Waals surface area contributed by atoms with Crippen molar-refractivity contribution >= 4 is 17.6 Å². The summed E-state index contributed by atoms with van der Waals surface area (Å²) < 4.78 is 1.73. The van der Waals surface area contributed by atoms with Gasteiger partial charge in [0.15, 0.2) is 0 Å². The first-order valence-electron chi connectivity index (χ1n) is 6.49. The Bertz CT molecular complexity index is 638. The van der Waals surface area contributed by atoms with Crippen LogP contribution in [0.3, 0.4) is 0 Å². The minimum absolute atomic E-state index is 0.148. The van der Waals surface area contributed by atoms with Gasteiger partial charge >= 0.3 is 6.03 Å². The average Bonchev–Trinajstić information content (AvgIpc) is 2.93. The number of urea groups is 1. The third kappa shape index (κ3) is 4.10. The van der Waals surface area contributed by atoms with Crippen LogP contribution in [0.15, 0.2) is 49.3 Å². The van der Waals surface area contributed by atoms with Crippen molar-refractivity contribution in [3.63, 3.8) is 0 Å². The molecule has 0 bridgehead atoms. The molecule has 0 saturated heterocycles. The highest BCUT2D eigenvalue weighted by Crippen LogP contribution is 2.15. The zero-order valence-electron chi connectivity index (χ0n) is 11.8. The predicted octanol–water partition coefficient (Wildman–Crippen LogP) is 2.85. The Labute approximate surface area is 128 Å². The van der Waals surface area contributed by atoms with Gasteiger partial charge in [-0.2, -0.15) is 5.10 Å². The molecule has 1 aromatic heterocycles. The predicted molar refractivity (Wildman–Crippen MR) is 83.6 cm³/mol. The third-order valence-corrected chi connectivity index (χ3v) is 3.11. The molecule has 0 fully saturated rings. The van der Waals surface area contributed by atoms with Crippen LogP contribution < -0.4 is 5.32 Å². The fourth-order valence-electron chi connectivity index (χ4n) is 1.84. The lowest BCUT2D eigenvalue weighted by Gasteiger charge is -2.16. The van der Waals surface area contributed by atoms with E-state index in [-0.39, 0.29) is 6.03 Å². The Balaban J connectivity index is 2.03. The van der Waals surface area contributed by atoms with Crippen LogP contribution >= 0.6 is 11.6 Å². The number of carbonyl (C=O) groups excluding carboxylic acids is 1. The van der Waals surface area contributed by atoms with Crippen LogP contribution in [0.5, 0.6) is 0 Å². The van der Waals surface area contributed by atoms with Crippen molar-refractivity contribution in [3.8, 4) is 5.69 Å². The second-order valence-electron chi connectivity index (χ2n) is 4.60. The zero-order chi connectivity index (χ0) is 15.2. The summed E-state index contributed by atoms with van der Waals surface area (Å²) in [6.07, 6.45) is 5.25. The molecular weight excluding hydrogens is 288 g/mol. The second kappa shape index (κ2) is 6.95. The highest BCUT2D eigenvalue weighted by molar-refractivity contribution is 6.30. The lowest BCUT2D eigenvalue weighted by Crippen LogP contribution is -2.36. The third-order valence-electron chi connectivity index (χ3n) is 2.87. The number of amides is 2. The van der Waals surface area contributed by atoms with E-state index in [4.69, 9.17) is 11.6 Å². The number of rotatable bonds is 5. The fraction of sp³-hybridized carbons (Fsp3) is 0.200. The van der Waals surface area contributed by atoms with E-state index in [1.165, 1.54) is 0 Å². The van der Waals surface area contributed by atoms with Gasteiger partial charge in [-0.1, -0.05) is 23.7 Å². The highest BCUT2D eigenvalue weighted by Gasteiger charge is 2.09.